The molecule has 3 aromatic rings. The lowest BCUT2D eigenvalue weighted by Crippen LogP contribution is -2.51. The predicted octanol–water partition coefficient (Wildman–Crippen LogP) is 4.55. The van der Waals surface area contributed by atoms with E-state index in [9.17, 15) is 32.3 Å². The number of hydrogen-bond acceptors (Lipinski definition) is 7. The first-order valence-electron chi connectivity index (χ1n) is 14.7. The molecule has 0 bridgehead atoms. The lowest BCUT2D eigenvalue weighted by atomic mass is 9.81. The lowest BCUT2D eigenvalue weighted by molar-refractivity contribution is -0.265. The van der Waals surface area contributed by atoms with Gasteiger partial charge in [-0.05, 0) is 80.3 Å². The summed E-state index contributed by atoms with van der Waals surface area (Å²) < 4.78 is 75.1. The Labute approximate surface area is 261 Å². The maximum atomic E-state index is 14.8. The fraction of sp³-hybridized carbons (Fsp3) is 0.364. The summed E-state index contributed by atoms with van der Waals surface area (Å²) in [7, 11) is 0. The summed E-state index contributed by atoms with van der Waals surface area (Å²) in [5.41, 5.74) is 1.01. The Morgan fingerprint density at radius 1 is 1.15 bits per heavy atom. The first-order chi connectivity index (χ1) is 21.8. The summed E-state index contributed by atoms with van der Waals surface area (Å²) in [6.45, 7) is 0.641. The van der Waals surface area contributed by atoms with Crippen molar-refractivity contribution in [2.45, 2.75) is 49.5 Å². The molecule has 3 aliphatic rings. The van der Waals surface area contributed by atoms with Gasteiger partial charge in [0.25, 0.3) is 5.91 Å². The van der Waals surface area contributed by atoms with E-state index in [1.54, 1.807) is 12.1 Å². The second-order valence-electron chi connectivity index (χ2n) is 11.8. The van der Waals surface area contributed by atoms with E-state index in [0.29, 0.717) is 30.9 Å². The van der Waals surface area contributed by atoms with Crippen LogP contribution in [0.15, 0.2) is 54.6 Å². The molecule has 1 aliphatic carbocycles. The minimum Gasteiger partial charge on any atom is -0.490 e. The van der Waals surface area contributed by atoms with Crippen molar-refractivity contribution in [1.82, 2.24) is 10.3 Å². The van der Waals surface area contributed by atoms with Crippen molar-refractivity contribution in [3.63, 3.8) is 0 Å². The van der Waals surface area contributed by atoms with E-state index in [2.05, 4.69) is 10.3 Å². The average molecular weight is 642 g/mol. The second-order valence-corrected chi connectivity index (χ2v) is 11.8. The predicted molar refractivity (Wildman–Crippen MR) is 157 cm³/mol. The number of amides is 2. The van der Waals surface area contributed by atoms with Gasteiger partial charge in [-0.1, -0.05) is 6.08 Å². The van der Waals surface area contributed by atoms with E-state index in [1.807, 2.05) is 6.08 Å². The Kier molecular flexibility index (Phi) is 8.01. The molecule has 1 saturated carbocycles. The van der Waals surface area contributed by atoms with Crippen molar-refractivity contribution in [3.05, 3.63) is 82.8 Å². The van der Waals surface area contributed by atoms with Crippen molar-refractivity contribution in [2.24, 2.45) is 5.73 Å². The van der Waals surface area contributed by atoms with E-state index in [4.69, 9.17) is 19.9 Å². The molecule has 1 unspecified atom stereocenters. The van der Waals surface area contributed by atoms with Gasteiger partial charge in [-0.2, -0.15) is 13.2 Å². The quantitative estimate of drug-likeness (QED) is 0.292. The highest BCUT2D eigenvalue weighted by molar-refractivity contribution is 5.96. The van der Waals surface area contributed by atoms with Crippen molar-refractivity contribution >= 4 is 17.4 Å². The largest absolute Gasteiger partial charge is 0.490 e. The molecule has 2 aromatic carbocycles. The number of fused-ring (bicyclic) bond motifs is 1. The Morgan fingerprint density at radius 3 is 2.52 bits per heavy atom. The molecule has 0 radical (unpaired) electrons. The minimum atomic E-state index is -5.34. The summed E-state index contributed by atoms with van der Waals surface area (Å²) >= 11 is 0. The first-order valence-corrected chi connectivity index (χ1v) is 14.7. The number of hydrogen-bond donors (Lipinski definition) is 3. The molecule has 242 valence electrons. The van der Waals surface area contributed by atoms with Crippen LogP contribution in [0.25, 0.3) is 16.8 Å². The number of nitrogens with one attached hydrogen (secondary N) is 1. The Hall–Kier alpha value is -4.49. The Balaban J connectivity index is 1.36. The molecule has 2 aliphatic heterocycles. The lowest BCUT2D eigenvalue weighted by Gasteiger charge is -2.31. The summed E-state index contributed by atoms with van der Waals surface area (Å²) in [4.78, 5) is 29.9. The number of alkyl halides is 3. The van der Waals surface area contributed by atoms with E-state index >= 15 is 0 Å². The van der Waals surface area contributed by atoms with Crippen LogP contribution in [0.3, 0.4) is 0 Å². The topological polar surface area (TPSA) is 133 Å². The van der Waals surface area contributed by atoms with Crippen LogP contribution in [0.2, 0.25) is 0 Å². The van der Waals surface area contributed by atoms with Crippen molar-refractivity contribution in [3.8, 4) is 22.8 Å². The van der Waals surface area contributed by atoms with Gasteiger partial charge in [-0.15, -0.1) is 0 Å². The second kappa shape index (κ2) is 11.7. The maximum absolute atomic E-state index is 14.8. The fourth-order valence-electron chi connectivity index (χ4n) is 5.41. The number of pyridine rings is 1. The standard InChI is InChI=1S/C33H31F4N3O6/c1-31(30(38)42)17-45-28-24(31)15-26(40-27(28)19-2-5-21(34)6-3-19)32(43,33(35,36)37)16-39-29(41)20-4-9-25(46-22-7-8-22)23(14-20)18-10-12-44-13-11-18/h2-6,9-10,14-15,22,43H,7-8,11-13,16-17H2,1H3,(H2,38,42)(H,39,41)/t31-,32?/m0/s1. The molecule has 0 spiro atoms. The third kappa shape index (κ3) is 5.80. The number of rotatable bonds is 9. The molecule has 4 N–H and O–H groups in total. The third-order valence-electron chi connectivity index (χ3n) is 8.50. The monoisotopic (exact) mass is 641 g/mol. The zero-order valence-corrected chi connectivity index (χ0v) is 24.7. The van der Waals surface area contributed by atoms with Crippen molar-refractivity contribution in [2.75, 3.05) is 26.4 Å². The molecule has 9 nitrogen and oxygen atoms in total. The molecule has 3 heterocycles. The zero-order chi connectivity index (χ0) is 32.9. The van der Waals surface area contributed by atoms with Gasteiger partial charge in [0.15, 0.2) is 0 Å². The molecule has 46 heavy (non-hydrogen) atoms. The Morgan fingerprint density at radius 2 is 1.89 bits per heavy atom. The highest BCUT2D eigenvalue weighted by atomic mass is 19.4. The molecular formula is C33H31F4N3O6. The highest BCUT2D eigenvalue weighted by Crippen LogP contribution is 2.48. The smallest absolute Gasteiger partial charge is 0.424 e. The summed E-state index contributed by atoms with van der Waals surface area (Å²) in [5, 5.41) is 13.5. The SMILES string of the molecule is C[C@]1(C(N)=O)COc2c1cc(C(O)(CNC(=O)c1ccc(OC3CC3)c(C3=CCOCC3)c1)C(F)(F)F)nc2-c1ccc(F)cc1. The number of nitrogens with zero attached hydrogens (tertiary/aromatic N) is 1. The third-order valence-corrected chi connectivity index (χ3v) is 8.50. The van der Waals surface area contributed by atoms with Crippen molar-refractivity contribution in [1.29, 1.82) is 0 Å². The fourth-order valence-corrected chi connectivity index (χ4v) is 5.41. The van der Waals surface area contributed by atoms with Crippen LogP contribution in [0.5, 0.6) is 11.5 Å². The maximum Gasteiger partial charge on any atom is 0.424 e. The summed E-state index contributed by atoms with van der Waals surface area (Å²) in [6, 6.07) is 10.2. The normalized spacial score (nSPS) is 20.6. The number of ether oxygens (including phenoxy) is 3. The van der Waals surface area contributed by atoms with Crippen LogP contribution in [-0.2, 0) is 20.5 Å². The first kappa shape index (κ1) is 31.5. The summed E-state index contributed by atoms with van der Waals surface area (Å²) in [6.07, 6.45) is -1.03. The van der Waals surface area contributed by atoms with E-state index in [1.165, 1.54) is 25.1 Å². The van der Waals surface area contributed by atoms with Crippen LogP contribution in [0, 0.1) is 5.82 Å². The number of halogens is 4. The van der Waals surface area contributed by atoms with Crippen LogP contribution < -0.4 is 20.5 Å². The molecule has 13 heteroatoms. The molecule has 0 saturated heterocycles. The van der Waals surface area contributed by atoms with Gasteiger partial charge in [-0.3, -0.25) is 9.59 Å². The van der Waals surface area contributed by atoms with Crippen LogP contribution >= 0.6 is 0 Å². The van der Waals surface area contributed by atoms with Crippen LogP contribution in [0.1, 0.15) is 53.4 Å². The molecule has 2 amide bonds. The van der Waals surface area contributed by atoms with Crippen LogP contribution in [0.4, 0.5) is 17.6 Å². The molecule has 6 rings (SSSR count). The van der Waals surface area contributed by atoms with E-state index in [0.717, 1.165) is 36.6 Å². The van der Waals surface area contributed by atoms with Gasteiger partial charge in [0, 0.05) is 22.3 Å². The number of nitrogens with two attached hydrogens (primary N) is 1. The summed E-state index contributed by atoms with van der Waals surface area (Å²) in [5.74, 6) is -1.80. The number of carbonyl (C=O) groups excluding carboxylic acids is 2. The number of aromatic nitrogens is 1. The van der Waals surface area contributed by atoms with E-state index in [-0.39, 0.29) is 40.8 Å². The molecule has 2 atom stereocenters. The zero-order valence-electron chi connectivity index (χ0n) is 24.7. The van der Waals surface area contributed by atoms with Gasteiger partial charge >= 0.3 is 6.18 Å². The number of primary amides is 1. The van der Waals surface area contributed by atoms with Crippen LogP contribution in [-0.4, -0.2) is 60.6 Å². The highest BCUT2D eigenvalue weighted by Gasteiger charge is 2.57. The van der Waals surface area contributed by atoms with Crippen molar-refractivity contribution < 1.29 is 46.5 Å². The molecular weight excluding hydrogens is 610 g/mol. The average Bonchev–Trinajstić information content (AvgIpc) is 3.79. The molecule has 1 fully saturated rings. The number of benzene rings is 2. The van der Waals surface area contributed by atoms with Gasteiger partial charge in [-0.25, -0.2) is 9.37 Å². The number of carbonyl (C=O) groups is 2. The van der Waals surface area contributed by atoms with Gasteiger partial charge in [0.05, 0.1) is 31.6 Å². The molecule has 1 aromatic heterocycles. The Bertz CT molecular complexity index is 1720. The van der Waals surface area contributed by atoms with Gasteiger partial charge < -0.3 is 30.4 Å². The van der Waals surface area contributed by atoms with Gasteiger partial charge in [0.2, 0.25) is 11.5 Å². The number of aliphatic hydroxyl groups is 1. The van der Waals surface area contributed by atoms with Gasteiger partial charge in [0.1, 0.15) is 35.0 Å². The van der Waals surface area contributed by atoms with E-state index < -0.39 is 47.1 Å². The minimum absolute atomic E-state index is 0.0197.